The molecule has 6 nitrogen and oxygen atoms in total. The Morgan fingerprint density at radius 1 is 1.04 bits per heavy atom. The van der Waals surface area contributed by atoms with E-state index in [0.29, 0.717) is 0 Å². The molecule has 0 heterocycles. The highest BCUT2D eigenvalue weighted by Crippen LogP contribution is 2.29. The van der Waals surface area contributed by atoms with Crippen molar-refractivity contribution in [3.63, 3.8) is 0 Å². The molecule has 2 N–H and O–H groups in total. The lowest BCUT2D eigenvalue weighted by Crippen LogP contribution is -2.43. The van der Waals surface area contributed by atoms with E-state index in [1.807, 2.05) is 6.07 Å². The van der Waals surface area contributed by atoms with Gasteiger partial charge >= 0.3 is 6.18 Å². The molecule has 0 aliphatic carbocycles. The predicted molar refractivity (Wildman–Crippen MR) is 83.7 cm³/mol. The molecule has 0 radical (unpaired) electrons. The number of carbonyl (C=O) groups is 2. The molecule has 2 aromatic rings. The fraction of sp³-hybridized carbons (Fsp3) is 0.118. The van der Waals surface area contributed by atoms with Crippen LogP contribution >= 0.6 is 0 Å². The number of hydrogen-bond acceptors (Lipinski definition) is 4. The van der Waals surface area contributed by atoms with Crippen molar-refractivity contribution in [1.82, 2.24) is 10.9 Å². The molecule has 2 amide bonds. The standard InChI is InChI=1S/C17H12F3N3O3/c18-17(19,20)13-7-5-11(6-8-13)16(25)23-22-15(24)10-26-14-4-2-1-3-12(14)9-21/h1-8H,10H2,(H,22,24)(H,23,25). The summed E-state index contributed by atoms with van der Waals surface area (Å²) in [6.07, 6.45) is -4.50. The molecule has 0 aromatic heterocycles. The van der Waals surface area contributed by atoms with Crippen molar-refractivity contribution < 1.29 is 27.5 Å². The molecule has 2 rings (SSSR count). The lowest BCUT2D eigenvalue weighted by Gasteiger charge is -2.10. The molecule has 0 aliphatic rings. The Labute approximate surface area is 146 Å². The van der Waals surface area contributed by atoms with Crippen LogP contribution in [0.3, 0.4) is 0 Å². The molecule has 9 heteroatoms. The third-order valence-electron chi connectivity index (χ3n) is 3.16. The summed E-state index contributed by atoms with van der Waals surface area (Å²) < 4.78 is 42.6. The molecule has 0 saturated heterocycles. The number of hydrogen-bond donors (Lipinski definition) is 2. The number of rotatable bonds is 4. The van der Waals surface area contributed by atoms with Gasteiger partial charge in [0.05, 0.1) is 11.1 Å². The van der Waals surface area contributed by atoms with Crippen LogP contribution < -0.4 is 15.6 Å². The lowest BCUT2D eigenvalue weighted by atomic mass is 10.1. The van der Waals surface area contributed by atoms with E-state index >= 15 is 0 Å². The highest BCUT2D eigenvalue weighted by molar-refractivity contribution is 5.95. The Bertz CT molecular complexity index is 843. The molecular weight excluding hydrogens is 351 g/mol. The van der Waals surface area contributed by atoms with Crippen LogP contribution in [0.1, 0.15) is 21.5 Å². The van der Waals surface area contributed by atoms with Gasteiger partial charge in [0.25, 0.3) is 11.8 Å². The number of nitrogens with zero attached hydrogens (tertiary/aromatic N) is 1. The van der Waals surface area contributed by atoms with Crippen LogP contribution in [0.5, 0.6) is 5.75 Å². The number of nitrogens with one attached hydrogen (secondary N) is 2. The third kappa shape index (κ3) is 4.98. The summed E-state index contributed by atoms with van der Waals surface area (Å²) in [4.78, 5) is 23.4. The Balaban J connectivity index is 1.85. The molecule has 2 aromatic carbocycles. The van der Waals surface area contributed by atoms with Crippen LogP contribution in [0.25, 0.3) is 0 Å². The first kappa shape index (κ1) is 18.8. The van der Waals surface area contributed by atoms with Gasteiger partial charge in [-0.3, -0.25) is 20.4 Å². The van der Waals surface area contributed by atoms with Crippen molar-refractivity contribution in [3.05, 3.63) is 65.2 Å². The number of amides is 2. The summed E-state index contributed by atoms with van der Waals surface area (Å²) in [5.74, 6) is -1.29. The maximum absolute atomic E-state index is 12.5. The number of nitriles is 1. The molecule has 0 aliphatic heterocycles. The second-order valence-corrected chi connectivity index (χ2v) is 4.97. The molecule has 0 unspecified atom stereocenters. The van der Waals surface area contributed by atoms with Crippen LogP contribution in [0.4, 0.5) is 13.2 Å². The van der Waals surface area contributed by atoms with Crippen LogP contribution in [-0.2, 0) is 11.0 Å². The van der Waals surface area contributed by atoms with Gasteiger partial charge in [-0.2, -0.15) is 18.4 Å². The van der Waals surface area contributed by atoms with E-state index < -0.39 is 30.2 Å². The van der Waals surface area contributed by atoms with E-state index in [1.165, 1.54) is 12.1 Å². The van der Waals surface area contributed by atoms with Crippen molar-refractivity contribution in [2.45, 2.75) is 6.18 Å². The first-order chi connectivity index (χ1) is 12.3. The van der Waals surface area contributed by atoms with Crippen molar-refractivity contribution in [3.8, 4) is 11.8 Å². The number of hydrazine groups is 1. The van der Waals surface area contributed by atoms with Gasteiger partial charge in [0.1, 0.15) is 11.8 Å². The van der Waals surface area contributed by atoms with Crippen molar-refractivity contribution >= 4 is 11.8 Å². The Morgan fingerprint density at radius 3 is 2.31 bits per heavy atom. The maximum atomic E-state index is 12.5. The van der Waals surface area contributed by atoms with Gasteiger partial charge in [-0.05, 0) is 36.4 Å². The number of para-hydroxylation sites is 1. The highest BCUT2D eigenvalue weighted by atomic mass is 19.4. The number of halogens is 3. The van der Waals surface area contributed by atoms with Gasteiger partial charge in [0.2, 0.25) is 0 Å². The maximum Gasteiger partial charge on any atom is 0.416 e. The van der Waals surface area contributed by atoms with Gasteiger partial charge in [-0.1, -0.05) is 12.1 Å². The van der Waals surface area contributed by atoms with Crippen molar-refractivity contribution in [2.24, 2.45) is 0 Å². The quantitative estimate of drug-likeness (QED) is 0.816. The smallest absolute Gasteiger partial charge is 0.416 e. The number of carbonyl (C=O) groups excluding carboxylic acids is 2. The zero-order valence-electron chi connectivity index (χ0n) is 13.1. The molecule has 0 spiro atoms. The normalized spacial score (nSPS) is 10.5. The van der Waals surface area contributed by atoms with E-state index in [1.54, 1.807) is 12.1 Å². The molecule has 26 heavy (non-hydrogen) atoms. The molecular formula is C17H12F3N3O3. The zero-order chi connectivity index (χ0) is 19.2. The molecule has 0 atom stereocenters. The summed E-state index contributed by atoms with van der Waals surface area (Å²) in [5.41, 5.74) is 3.42. The Kier molecular flexibility index (Phi) is 5.80. The number of alkyl halides is 3. The van der Waals surface area contributed by atoms with Gasteiger partial charge in [-0.25, -0.2) is 0 Å². The van der Waals surface area contributed by atoms with Crippen LogP contribution in [0, 0.1) is 11.3 Å². The largest absolute Gasteiger partial charge is 0.482 e. The van der Waals surface area contributed by atoms with Crippen molar-refractivity contribution in [1.29, 1.82) is 5.26 Å². The Hall–Kier alpha value is -3.54. The topological polar surface area (TPSA) is 91.2 Å². The van der Waals surface area contributed by atoms with Gasteiger partial charge < -0.3 is 4.74 Å². The fourth-order valence-corrected chi connectivity index (χ4v) is 1.87. The Morgan fingerprint density at radius 2 is 1.69 bits per heavy atom. The molecule has 0 fully saturated rings. The summed E-state index contributed by atoms with van der Waals surface area (Å²) >= 11 is 0. The van der Waals surface area contributed by atoms with Crippen LogP contribution in [-0.4, -0.2) is 18.4 Å². The second-order valence-electron chi connectivity index (χ2n) is 4.97. The summed E-state index contributed by atoms with van der Waals surface area (Å²) in [6, 6.07) is 11.7. The van der Waals surface area contributed by atoms with Gasteiger partial charge in [-0.15, -0.1) is 0 Å². The summed E-state index contributed by atoms with van der Waals surface area (Å²) in [7, 11) is 0. The van der Waals surface area contributed by atoms with Gasteiger partial charge in [0, 0.05) is 5.56 Å². The molecule has 0 bridgehead atoms. The number of ether oxygens (including phenoxy) is 1. The first-order valence-electron chi connectivity index (χ1n) is 7.19. The fourth-order valence-electron chi connectivity index (χ4n) is 1.87. The minimum Gasteiger partial charge on any atom is -0.482 e. The zero-order valence-corrected chi connectivity index (χ0v) is 13.1. The summed E-state index contributed by atoms with van der Waals surface area (Å²) in [5, 5.41) is 8.90. The predicted octanol–water partition coefficient (Wildman–Crippen LogP) is 2.42. The van der Waals surface area contributed by atoms with E-state index in [9.17, 15) is 22.8 Å². The van der Waals surface area contributed by atoms with Gasteiger partial charge in [0.15, 0.2) is 6.61 Å². The first-order valence-corrected chi connectivity index (χ1v) is 7.19. The van der Waals surface area contributed by atoms with E-state index in [2.05, 4.69) is 10.9 Å². The molecule has 134 valence electrons. The van der Waals surface area contributed by atoms with E-state index in [4.69, 9.17) is 10.00 Å². The minimum atomic E-state index is -4.50. The lowest BCUT2D eigenvalue weighted by molar-refractivity contribution is -0.137. The third-order valence-corrected chi connectivity index (χ3v) is 3.16. The SMILES string of the molecule is N#Cc1ccccc1OCC(=O)NNC(=O)c1ccc(C(F)(F)F)cc1. The second kappa shape index (κ2) is 8.02. The minimum absolute atomic E-state index is 0.0611. The van der Waals surface area contributed by atoms with E-state index in [-0.39, 0.29) is 16.9 Å². The highest BCUT2D eigenvalue weighted by Gasteiger charge is 2.30. The van der Waals surface area contributed by atoms with Crippen LogP contribution in [0.15, 0.2) is 48.5 Å². The molecule has 0 saturated carbocycles. The monoisotopic (exact) mass is 363 g/mol. The summed E-state index contributed by atoms with van der Waals surface area (Å²) in [6.45, 7) is -0.466. The average Bonchev–Trinajstić information content (AvgIpc) is 2.64. The number of benzene rings is 2. The van der Waals surface area contributed by atoms with Crippen LogP contribution in [0.2, 0.25) is 0 Å². The van der Waals surface area contributed by atoms with Crippen molar-refractivity contribution in [2.75, 3.05) is 6.61 Å². The average molecular weight is 363 g/mol. The van der Waals surface area contributed by atoms with E-state index in [0.717, 1.165) is 24.3 Å².